The molecule has 164 valence electrons. The van der Waals surface area contributed by atoms with E-state index in [0.29, 0.717) is 17.9 Å². The van der Waals surface area contributed by atoms with Gasteiger partial charge in [-0.1, -0.05) is 43.7 Å². The average Bonchev–Trinajstić information content (AvgIpc) is 2.67. The highest BCUT2D eigenvalue weighted by Gasteiger charge is 2.20. The van der Waals surface area contributed by atoms with Crippen molar-refractivity contribution in [2.45, 2.75) is 66.0 Å². The van der Waals surface area contributed by atoms with Gasteiger partial charge in [0.15, 0.2) is 5.96 Å². The third kappa shape index (κ3) is 9.18. The number of aliphatic imine (C=N–C) groups is 1. The molecule has 3 N–H and O–H groups in total. The monoisotopic (exact) mass is 402 g/mol. The summed E-state index contributed by atoms with van der Waals surface area (Å²) in [5, 5.41) is 16.4. The number of aryl methyl sites for hydroxylation is 1. The molecule has 29 heavy (non-hydrogen) atoms. The SMILES string of the molecule is CCNC(=NCC(CCO)CC(C)C)NC1CCN(Cc2cccc(C)c2)CC1. The third-order valence-corrected chi connectivity index (χ3v) is 5.61. The van der Waals surface area contributed by atoms with Gasteiger partial charge >= 0.3 is 0 Å². The maximum Gasteiger partial charge on any atom is 0.191 e. The molecule has 0 amide bonds. The van der Waals surface area contributed by atoms with Crippen LogP contribution in [0.25, 0.3) is 0 Å². The number of piperidine rings is 1. The van der Waals surface area contributed by atoms with Crippen molar-refractivity contribution in [1.82, 2.24) is 15.5 Å². The Hall–Kier alpha value is -1.59. The molecule has 0 aromatic heterocycles. The second-order valence-electron chi connectivity index (χ2n) is 8.91. The smallest absolute Gasteiger partial charge is 0.191 e. The minimum atomic E-state index is 0.246. The summed E-state index contributed by atoms with van der Waals surface area (Å²) in [6.07, 6.45) is 4.23. The topological polar surface area (TPSA) is 59.9 Å². The molecule has 1 fully saturated rings. The molecule has 0 aliphatic carbocycles. The van der Waals surface area contributed by atoms with Gasteiger partial charge in [0.25, 0.3) is 0 Å². The summed E-state index contributed by atoms with van der Waals surface area (Å²) >= 11 is 0. The first-order valence-electron chi connectivity index (χ1n) is 11.4. The molecule has 5 heteroatoms. The predicted molar refractivity (Wildman–Crippen MR) is 123 cm³/mol. The molecule has 1 unspecified atom stereocenters. The van der Waals surface area contributed by atoms with E-state index < -0.39 is 0 Å². The van der Waals surface area contributed by atoms with E-state index in [9.17, 15) is 5.11 Å². The van der Waals surface area contributed by atoms with E-state index in [0.717, 1.165) is 64.4 Å². The number of hydrogen-bond acceptors (Lipinski definition) is 3. The van der Waals surface area contributed by atoms with Crippen molar-refractivity contribution in [3.8, 4) is 0 Å². The van der Waals surface area contributed by atoms with Gasteiger partial charge in [-0.25, -0.2) is 0 Å². The second kappa shape index (κ2) is 12.9. The van der Waals surface area contributed by atoms with Crippen molar-refractivity contribution in [3.05, 3.63) is 35.4 Å². The molecule has 2 rings (SSSR count). The summed E-state index contributed by atoms with van der Waals surface area (Å²) < 4.78 is 0. The second-order valence-corrected chi connectivity index (χ2v) is 8.91. The molecule has 1 aromatic rings. The Bertz CT molecular complexity index is 609. The van der Waals surface area contributed by atoms with Crippen LogP contribution < -0.4 is 10.6 Å². The largest absolute Gasteiger partial charge is 0.396 e. The van der Waals surface area contributed by atoms with Crippen LogP contribution in [0.5, 0.6) is 0 Å². The Balaban J connectivity index is 1.83. The van der Waals surface area contributed by atoms with Gasteiger partial charge in [-0.05, 0) is 56.9 Å². The summed E-state index contributed by atoms with van der Waals surface area (Å²) in [6.45, 7) is 13.9. The lowest BCUT2D eigenvalue weighted by Gasteiger charge is -2.33. The van der Waals surface area contributed by atoms with Crippen LogP contribution in [0.15, 0.2) is 29.3 Å². The number of rotatable bonds is 10. The molecular weight excluding hydrogens is 360 g/mol. The van der Waals surface area contributed by atoms with Gasteiger partial charge in [-0.3, -0.25) is 9.89 Å². The van der Waals surface area contributed by atoms with Crippen LogP contribution in [0.3, 0.4) is 0 Å². The average molecular weight is 403 g/mol. The van der Waals surface area contributed by atoms with Crippen LogP contribution in [0.4, 0.5) is 0 Å². The quantitative estimate of drug-likeness (QED) is 0.414. The van der Waals surface area contributed by atoms with E-state index in [-0.39, 0.29) is 6.61 Å². The summed E-state index contributed by atoms with van der Waals surface area (Å²) in [5.41, 5.74) is 2.74. The Labute approximate surface area is 178 Å². The van der Waals surface area contributed by atoms with E-state index in [1.165, 1.54) is 11.1 Å². The van der Waals surface area contributed by atoms with Crippen LogP contribution in [0.2, 0.25) is 0 Å². The highest BCUT2D eigenvalue weighted by Crippen LogP contribution is 2.17. The first kappa shape index (κ1) is 23.7. The molecule has 0 radical (unpaired) electrons. The van der Waals surface area contributed by atoms with E-state index in [1.807, 2.05) is 0 Å². The molecule has 0 spiro atoms. The summed E-state index contributed by atoms with van der Waals surface area (Å²) in [4.78, 5) is 7.40. The number of likely N-dealkylation sites (tertiary alicyclic amines) is 1. The van der Waals surface area contributed by atoms with Crippen molar-refractivity contribution in [2.75, 3.05) is 32.8 Å². The number of benzene rings is 1. The van der Waals surface area contributed by atoms with Gasteiger partial charge in [0.1, 0.15) is 0 Å². The summed E-state index contributed by atoms with van der Waals surface area (Å²) in [5.74, 6) is 2.01. The van der Waals surface area contributed by atoms with Crippen molar-refractivity contribution < 1.29 is 5.11 Å². The van der Waals surface area contributed by atoms with Crippen molar-refractivity contribution in [3.63, 3.8) is 0 Å². The van der Waals surface area contributed by atoms with Crippen LogP contribution in [-0.4, -0.2) is 54.8 Å². The standard InChI is InChI=1S/C24H42N4O/c1-5-25-24(26-17-21(11-14-29)15-19(2)3)27-23-9-12-28(13-10-23)18-22-8-6-7-20(4)16-22/h6-8,16,19,21,23,29H,5,9-15,17-18H2,1-4H3,(H2,25,26,27). The predicted octanol–water partition coefficient (Wildman–Crippen LogP) is 3.56. The molecule has 1 atom stereocenters. The van der Waals surface area contributed by atoms with Crippen molar-refractivity contribution >= 4 is 5.96 Å². The van der Waals surface area contributed by atoms with Gasteiger partial charge in [-0.2, -0.15) is 0 Å². The maximum absolute atomic E-state index is 9.34. The fourth-order valence-electron chi connectivity index (χ4n) is 4.17. The van der Waals surface area contributed by atoms with Crippen LogP contribution in [0, 0.1) is 18.8 Å². The molecule has 1 heterocycles. The van der Waals surface area contributed by atoms with Gasteiger partial charge in [0.05, 0.1) is 0 Å². The van der Waals surface area contributed by atoms with Crippen molar-refractivity contribution in [1.29, 1.82) is 0 Å². The molecule has 5 nitrogen and oxygen atoms in total. The third-order valence-electron chi connectivity index (χ3n) is 5.61. The van der Waals surface area contributed by atoms with Crippen LogP contribution >= 0.6 is 0 Å². The Kier molecular flexibility index (Phi) is 10.5. The maximum atomic E-state index is 9.34. The molecular formula is C24H42N4O. The molecule has 1 aliphatic rings. The minimum absolute atomic E-state index is 0.246. The van der Waals surface area contributed by atoms with E-state index in [1.54, 1.807) is 0 Å². The zero-order chi connectivity index (χ0) is 21.1. The molecule has 0 bridgehead atoms. The van der Waals surface area contributed by atoms with Gasteiger partial charge in [0, 0.05) is 45.4 Å². The fraction of sp³-hybridized carbons (Fsp3) is 0.708. The highest BCUT2D eigenvalue weighted by atomic mass is 16.3. The summed E-state index contributed by atoms with van der Waals surface area (Å²) in [7, 11) is 0. The minimum Gasteiger partial charge on any atom is -0.396 e. The highest BCUT2D eigenvalue weighted by molar-refractivity contribution is 5.80. The Morgan fingerprint density at radius 3 is 2.66 bits per heavy atom. The van der Waals surface area contributed by atoms with Crippen LogP contribution in [-0.2, 0) is 6.54 Å². The lowest BCUT2D eigenvalue weighted by molar-refractivity contribution is 0.198. The van der Waals surface area contributed by atoms with E-state index >= 15 is 0 Å². The Morgan fingerprint density at radius 1 is 1.28 bits per heavy atom. The van der Waals surface area contributed by atoms with Crippen molar-refractivity contribution in [2.24, 2.45) is 16.8 Å². The number of guanidine groups is 1. The number of aliphatic hydroxyl groups excluding tert-OH is 1. The van der Waals surface area contributed by atoms with Gasteiger partial charge in [-0.15, -0.1) is 0 Å². The molecule has 0 saturated carbocycles. The van der Waals surface area contributed by atoms with Crippen LogP contribution in [0.1, 0.15) is 57.6 Å². The van der Waals surface area contributed by atoms with E-state index in [4.69, 9.17) is 4.99 Å². The number of nitrogens with one attached hydrogen (secondary N) is 2. The number of hydrogen-bond donors (Lipinski definition) is 3. The normalized spacial score (nSPS) is 17.5. The number of aliphatic hydroxyl groups is 1. The molecule has 1 aromatic carbocycles. The number of nitrogens with zero attached hydrogens (tertiary/aromatic N) is 2. The van der Waals surface area contributed by atoms with Gasteiger partial charge in [0.2, 0.25) is 0 Å². The zero-order valence-corrected chi connectivity index (χ0v) is 19.0. The summed E-state index contributed by atoms with van der Waals surface area (Å²) in [6, 6.07) is 9.31. The van der Waals surface area contributed by atoms with Gasteiger partial charge < -0.3 is 15.7 Å². The zero-order valence-electron chi connectivity index (χ0n) is 19.0. The molecule has 1 aliphatic heterocycles. The Morgan fingerprint density at radius 2 is 2.03 bits per heavy atom. The first-order chi connectivity index (χ1) is 14.0. The lowest BCUT2D eigenvalue weighted by atomic mass is 9.94. The van der Waals surface area contributed by atoms with E-state index in [2.05, 4.69) is 67.5 Å². The lowest BCUT2D eigenvalue weighted by Crippen LogP contribution is -2.48. The first-order valence-corrected chi connectivity index (χ1v) is 11.4. The fourth-order valence-corrected chi connectivity index (χ4v) is 4.17. The molecule has 1 saturated heterocycles.